The van der Waals surface area contributed by atoms with E-state index in [4.69, 9.17) is 23.2 Å². The van der Waals surface area contributed by atoms with Gasteiger partial charge in [0, 0.05) is 28.9 Å². The van der Waals surface area contributed by atoms with Gasteiger partial charge < -0.3 is 5.32 Å². The summed E-state index contributed by atoms with van der Waals surface area (Å²) in [7, 11) is 0. The molecule has 0 fully saturated rings. The van der Waals surface area contributed by atoms with Gasteiger partial charge in [-0.15, -0.1) is 0 Å². The lowest BCUT2D eigenvalue weighted by Crippen LogP contribution is -2.25. The molecule has 2 aromatic carbocycles. The molecule has 1 atom stereocenters. The maximum absolute atomic E-state index is 12.0. The molecule has 110 valence electrons. The van der Waals surface area contributed by atoms with E-state index in [0.717, 1.165) is 11.1 Å². The Balaban J connectivity index is 2.37. The van der Waals surface area contributed by atoms with Gasteiger partial charge in [0.15, 0.2) is 0 Å². The maximum atomic E-state index is 12.0. The number of benzene rings is 2. The average molecular weight is 322 g/mol. The van der Waals surface area contributed by atoms with Crippen LogP contribution in [0.25, 0.3) is 0 Å². The zero-order valence-corrected chi connectivity index (χ0v) is 13.3. The number of carbonyl (C=O) groups is 1. The normalized spacial score (nSPS) is 12.0. The van der Waals surface area contributed by atoms with Gasteiger partial charge in [0.1, 0.15) is 0 Å². The molecule has 0 aromatic heterocycles. The number of hydrogen-bond acceptors (Lipinski definition) is 1. The summed E-state index contributed by atoms with van der Waals surface area (Å²) < 4.78 is 0. The Morgan fingerprint density at radius 2 is 1.76 bits per heavy atom. The molecule has 0 heterocycles. The molecule has 0 bridgehead atoms. The van der Waals surface area contributed by atoms with E-state index in [2.05, 4.69) is 5.32 Å². The lowest BCUT2D eigenvalue weighted by molar-refractivity contribution is -0.121. The van der Waals surface area contributed by atoms with Crippen molar-refractivity contribution in [3.63, 3.8) is 0 Å². The van der Waals surface area contributed by atoms with Gasteiger partial charge in [-0.2, -0.15) is 0 Å². The Morgan fingerprint density at radius 1 is 1.10 bits per heavy atom. The molecule has 0 aliphatic heterocycles. The Labute approximate surface area is 135 Å². The fourth-order valence-corrected chi connectivity index (χ4v) is 2.71. The largest absolute Gasteiger partial charge is 0.356 e. The monoisotopic (exact) mass is 321 g/mol. The summed E-state index contributed by atoms with van der Waals surface area (Å²) in [5, 5.41) is 4.18. The smallest absolute Gasteiger partial charge is 0.220 e. The highest BCUT2D eigenvalue weighted by atomic mass is 35.5. The molecule has 4 heteroatoms. The van der Waals surface area contributed by atoms with Crippen LogP contribution in [0.3, 0.4) is 0 Å². The zero-order chi connectivity index (χ0) is 15.2. The van der Waals surface area contributed by atoms with Crippen LogP contribution in [0.5, 0.6) is 0 Å². The van der Waals surface area contributed by atoms with E-state index >= 15 is 0 Å². The van der Waals surface area contributed by atoms with Crippen molar-refractivity contribution >= 4 is 29.1 Å². The van der Waals surface area contributed by atoms with Crippen molar-refractivity contribution in [3.8, 4) is 0 Å². The van der Waals surface area contributed by atoms with Crippen molar-refractivity contribution in [2.24, 2.45) is 0 Å². The van der Waals surface area contributed by atoms with Gasteiger partial charge in [-0.1, -0.05) is 53.5 Å². The van der Waals surface area contributed by atoms with Crippen LogP contribution in [-0.4, -0.2) is 12.5 Å². The summed E-state index contributed by atoms with van der Waals surface area (Å²) in [4.78, 5) is 12.0. The van der Waals surface area contributed by atoms with Crippen molar-refractivity contribution in [2.45, 2.75) is 19.3 Å². The zero-order valence-electron chi connectivity index (χ0n) is 11.8. The second-order valence-electron chi connectivity index (χ2n) is 4.78. The number of halogens is 2. The number of hydrogen-bond donors (Lipinski definition) is 1. The van der Waals surface area contributed by atoms with Crippen LogP contribution >= 0.6 is 23.2 Å². The van der Waals surface area contributed by atoms with Crippen molar-refractivity contribution in [1.29, 1.82) is 0 Å². The summed E-state index contributed by atoms with van der Waals surface area (Å²) in [5.41, 5.74) is 1.98. The molecule has 1 amide bonds. The van der Waals surface area contributed by atoms with Gasteiger partial charge in [0.05, 0.1) is 0 Å². The standard InChI is InChI=1S/C17H17Cl2NO/c1-2-20-17(21)11-15(12-7-9-13(18)10-8-12)14-5-3-4-6-16(14)19/h3-10,15H,2,11H2,1H3,(H,20,21)/t15-/m0/s1. The molecule has 2 rings (SSSR count). The van der Waals surface area contributed by atoms with Gasteiger partial charge in [0.25, 0.3) is 0 Å². The van der Waals surface area contributed by atoms with Crippen LogP contribution in [0.2, 0.25) is 10.0 Å². The van der Waals surface area contributed by atoms with E-state index in [-0.39, 0.29) is 11.8 Å². The van der Waals surface area contributed by atoms with Gasteiger partial charge >= 0.3 is 0 Å². The van der Waals surface area contributed by atoms with Crippen LogP contribution in [0.15, 0.2) is 48.5 Å². The molecule has 2 nitrogen and oxygen atoms in total. The van der Waals surface area contributed by atoms with Gasteiger partial charge in [0.2, 0.25) is 5.91 Å². The molecular weight excluding hydrogens is 305 g/mol. The van der Waals surface area contributed by atoms with E-state index in [0.29, 0.717) is 23.0 Å². The number of nitrogens with one attached hydrogen (secondary N) is 1. The SMILES string of the molecule is CCNC(=O)C[C@@H](c1ccc(Cl)cc1)c1ccccc1Cl. The Hall–Kier alpha value is -1.51. The van der Waals surface area contributed by atoms with Gasteiger partial charge in [-0.25, -0.2) is 0 Å². The third-order valence-electron chi connectivity index (χ3n) is 3.32. The van der Waals surface area contributed by atoms with Crippen LogP contribution in [-0.2, 0) is 4.79 Å². The van der Waals surface area contributed by atoms with Crippen molar-refractivity contribution in [1.82, 2.24) is 5.32 Å². The first-order chi connectivity index (χ1) is 10.1. The number of rotatable bonds is 5. The minimum absolute atomic E-state index is 0.0115. The quantitative estimate of drug-likeness (QED) is 0.853. The Bertz CT molecular complexity index is 610. The van der Waals surface area contributed by atoms with E-state index in [1.165, 1.54) is 0 Å². The highest BCUT2D eigenvalue weighted by Gasteiger charge is 2.20. The molecule has 21 heavy (non-hydrogen) atoms. The Morgan fingerprint density at radius 3 is 2.38 bits per heavy atom. The lowest BCUT2D eigenvalue weighted by atomic mass is 9.88. The molecule has 0 saturated heterocycles. The molecule has 0 radical (unpaired) electrons. The van der Waals surface area contributed by atoms with E-state index < -0.39 is 0 Å². The molecule has 0 aliphatic rings. The highest BCUT2D eigenvalue weighted by Crippen LogP contribution is 2.33. The summed E-state index contributed by atoms with van der Waals surface area (Å²) in [6, 6.07) is 15.2. The highest BCUT2D eigenvalue weighted by molar-refractivity contribution is 6.31. The second-order valence-corrected chi connectivity index (χ2v) is 5.63. The van der Waals surface area contributed by atoms with Crippen LogP contribution in [0.1, 0.15) is 30.4 Å². The summed E-state index contributed by atoms with van der Waals surface area (Å²) in [6.45, 7) is 2.53. The number of carbonyl (C=O) groups excluding carboxylic acids is 1. The molecule has 0 spiro atoms. The summed E-state index contributed by atoms with van der Waals surface area (Å²) >= 11 is 12.2. The average Bonchev–Trinajstić information content (AvgIpc) is 2.47. The minimum atomic E-state index is -0.0810. The van der Waals surface area contributed by atoms with Crippen molar-refractivity contribution in [3.05, 3.63) is 69.7 Å². The predicted octanol–water partition coefficient (Wildman–Crippen LogP) is 4.65. The van der Waals surface area contributed by atoms with Crippen LogP contribution < -0.4 is 5.32 Å². The summed E-state index contributed by atoms with van der Waals surface area (Å²) in [5.74, 6) is -0.0695. The first kappa shape index (κ1) is 15.9. The van der Waals surface area contributed by atoms with E-state index in [1.54, 1.807) is 0 Å². The summed E-state index contributed by atoms with van der Waals surface area (Å²) in [6.07, 6.45) is 0.360. The second kappa shape index (κ2) is 7.48. The fraction of sp³-hybridized carbons (Fsp3) is 0.235. The number of amides is 1. The molecule has 0 saturated carbocycles. The van der Waals surface area contributed by atoms with Gasteiger partial charge in [-0.3, -0.25) is 4.79 Å². The first-order valence-corrected chi connectivity index (χ1v) is 7.64. The lowest BCUT2D eigenvalue weighted by Gasteiger charge is -2.19. The fourth-order valence-electron chi connectivity index (χ4n) is 2.31. The van der Waals surface area contributed by atoms with Crippen molar-refractivity contribution < 1.29 is 4.79 Å². The predicted molar refractivity (Wildman–Crippen MR) is 88.0 cm³/mol. The van der Waals surface area contributed by atoms with Crippen LogP contribution in [0, 0.1) is 0 Å². The molecule has 2 aromatic rings. The van der Waals surface area contributed by atoms with E-state index in [9.17, 15) is 4.79 Å². The maximum Gasteiger partial charge on any atom is 0.220 e. The van der Waals surface area contributed by atoms with Crippen molar-refractivity contribution in [2.75, 3.05) is 6.54 Å². The topological polar surface area (TPSA) is 29.1 Å². The molecular formula is C17H17Cl2NO. The Kier molecular flexibility index (Phi) is 5.66. The molecule has 0 aliphatic carbocycles. The molecule has 0 unspecified atom stereocenters. The molecule has 1 N–H and O–H groups in total. The third kappa shape index (κ3) is 4.23. The van der Waals surface area contributed by atoms with Gasteiger partial charge in [-0.05, 0) is 36.2 Å². The third-order valence-corrected chi connectivity index (χ3v) is 3.91. The minimum Gasteiger partial charge on any atom is -0.356 e. The first-order valence-electron chi connectivity index (χ1n) is 6.88. The van der Waals surface area contributed by atoms with Crippen LogP contribution in [0.4, 0.5) is 0 Å². The van der Waals surface area contributed by atoms with E-state index in [1.807, 2.05) is 55.5 Å².